The van der Waals surface area contributed by atoms with Gasteiger partial charge in [0.05, 0.1) is 13.2 Å². The van der Waals surface area contributed by atoms with Crippen molar-refractivity contribution in [2.24, 2.45) is 0 Å². The van der Waals surface area contributed by atoms with Crippen LogP contribution in [0.25, 0.3) is 6.08 Å². The van der Waals surface area contributed by atoms with Crippen LogP contribution in [0, 0.1) is 0 Å². The van der Waals surface area contributed by atoms with Crippen LogP contribution in [0.4, 0.5) is 10.5 Å². The lowest BCUT2D eigenvalue weighted by molar-refractivity contribution is -0.124. The van der Waals surface area contributed by atoms with Crippen molar-refractivity contribution in [2.45, 2.75) is 0 Å². The summed E-state index contributed by atoms with van der Waals surface area (Å²) in [5.41, 5.74) is 1.98. The fourth-order valence-corrected chi connectivity index (χ4v) is 2.50. The molecule has 2 N–H and O–H groups in total. The number of nitrogens with one attached hydrogen (secondary N) is 2. The zero-order valence-corrected chi connectivity index (χ0v) is 13.0. The average molecular weight is 327 g/mol. The number of carbonyl (C=O) groups is 3. The van der Waals surface area contributed by atoms with Crippen molar-refractivity contribution < 1.29 is 19.1 Å². The predicted molar refractivity (Wildman–Crippen MR) is 88.3 cm³/mol. The maximum absolute atomic E-state index is 11.6. The molecule has 2 aliphatic heterocycles. The third kappa shape index (κ3) is 3.69. The first kappa shape index (κ1) is 15.9. The lowest BCUT2D eigenvalue weighted by Gasteiger charge is -2.28. The number of morpholine rings is 1. The molecule has 0 unspecified atom stereocenters. The number of amides is 4. The van der Waals surface area contributed by atoms with Gasteiger partial charge in [0, 0.05) is 18.8 Å². The second kappa shape index (κ2) is 7.10. The number of nitrogens with zero attached hydrogens (tertiary/aromatic N) is 1. The van der Waals surface area contributed by atoms with Gasteiger partial charge in [-0.1, -0.05) is 24.3 Å². The van der Waals surface area contributed by atoms with Crippen LogP contribution in [0.1, 0.15) is 5.56 Å². The summed E-state index contributed by atoms with van der Waals surface area (Å²) in [5.74, 6) is -1.40. The monoisotopic (exact) mass is 327 g/mol. The summed E-state index contributed by atoms with van der Waals surface area (Å²) in [5, 5.41) is 4.05. The first-order valence-corrected chi connectivity index (χ1v) is 7.61. The quantitative estimate of drug-likeness (QED) is 0.634. The molecule has 1 aromatic carbocycles. The Labute approximate surface area is 139 Å². The topological polar surface area (TPSA) is 87.7 Å². The Kier molecular flexibility index (Phi) is 4.72. The standard InChI is InChI=1S/C17H17N3O4/c21-15-14(16(22)19-17(23)18-15)3-1-2-12-4-6-13(7-5-12)20-8-10-24-11-9-20/h1-7H,8-11H2,(H2,18,19,21,22,23)/b2-1+. The molecular formula is C17H17N3O4. The van der Waals surface area contributed by atoms with E-state index < -0.39 is 17.8 Å². The van der Waals surface area contributed by atoms with E-state index in [1.807, 2.05) is 34.9 Å². The molecule has 3 rings (SSSR count). The molecule has 0 aliphatic carbocycles. The number of carbonyl (C=O) groups excluding carboxylic acids is 3. The van der Waals surface area contributed by atoms with Crippen molar-refractivity contribution in [1.29, 1.82) is 0 Å². The van der Waals surface area contributed by atoms with E-state index in [-0.39, 0.29) is 5.57 Å². The molecule has 2 saturated heterocycles. The van der Waals surface area contributed by atoms with Gasteiger partial charge in [-0.3, -0.25) is 20.2 Å². The summed E-state index contributed by atoms with van der Waals surface area (Å²) in [4.78, 5) is 36.4. The predicted octanol–water partition coefficient (Wildman–Crippen LogP) is 0.829. The van der Waals surface area contributed by atoms with Gasteiger partial charge in [0.25, 0.3) is 11.8 Å². The molecule has 0 saturated carbocycles. The summed E-state index contributed by atoms with van der Waals surface area (Å²) in [6, 6.07) is 7.17. The van der Waals surface area contributed by atoms with Gasteiger partial charge < -0.3 is 9.64 Å². The summed E-state index contributed by atoms with van der Waals surface area (Å²) in [6.07, 6.45) is 4.77. The Bertz CT molecular complexity index is 694. The van der Waals surface area contributed by atoms with E-state index in [1.165, 1.54) is 6.08 Å². The molecule has 1 aromatic rings. The van der Waals surface area contributed by atoms with Crippen molar-refractivity contribution in [2.75, 3.05) is 31.2 Å². The van der Waals surface area contributed by atoms with Crippen LogP contribution in [0.2, 0.25) is 0 Å². The highest BCUT2D eigenvalue weighted by Crippen LogP contribution is 2.17. The van der Waals surface area contributed by atoms with Gasteiger partial charge in [-0.15, -0.1) is 0 Å². The molecule has 0 aromatic heterocycles. The zero-order valence-electron chi connectivity index (χ0n) is 13.0. The van der Waals surface area contributed by atoms with E-state index in [0.29, 0.717) is 0 Å². The first-order valence-electron chi connectivity index (χ1n) is 7.61. The largest absolute Gasteiger partial charge is 0.378 e. The van der Waals surface area contributed by atoms with Gasteiger partial charge in [0.15, 0.2) is 0 Å². The zero-order chi connectivity index (χ0) is 16.9. The molecule has 0 radical (unpaired) electrons. The molecular weight excluding hydrogens is 310 g/mol. The minimum atomic E-state index is -0.801. The normalized spacial score (nSPS) is 18.6. The molecule has 2 aliphatic rings. The number of ether oxygens (including phenoxy) is 1. The third-order valence-electron chi connectivity index (χ3n) is 3.76. The smallest absolute Gasteiger partial charge is 0.328 e. The number of anilines is 1. The van der Waals surface area contributed by atoms with Gasteiger partial charge in [-0.25, -0.2) is 4.79 Å². The summed E-state index contributed by atoms with van der Waals surface area (Å²) in [7, 11) is 0. The Balaban J connectivity index is 1.66. The average Bonchev–Trinajstić information content (AvgIpc) is 2.58. The molecule has 4 amide bonds. The number of hydrogen-bond donors (Lipinski definition) is 2. The first-order chi connectivity index (χ1) is 11.6. The van der Waals surface area contributed by atoms with Crippen molar-refractivity contribution in [1.82, 2.24) is 10.6 Å². The Hall–Kier alpha value is -2.93. The van der Waals surface area contributed by atoms with Gasteiger partial charge >= 0.3 is 6.03 Å². The number of imide groups is 2. The Morgan fingerprint density at radius 3 is 2.21 bits per heavy atom. The van der Waals surface area contributed by atoms with Gasteiger partial charge in [-0.2, -0.15) is 0 Å². The van der Waals surface area contributed by atoms with Gasteiger partial charge in [-0.05, 0) is 23.8 Å². The molecule has 2 heterocycles. The molecule has 7 heteroatoms. The van der Waals surface area contributed by atoms with Crippen LogP contribution in [0.3, 0.4) is 0 Å². The highest BCUT2D eigenvalue weighted by atomic mass is 16.5. The fraction of sp³-hybridized carbons (Fsp3) is 0.235. The van der Waals surface area contributed by atoms with Crippen molar-refractivity contribution in [3.8, 4) is 0 Å². The lowest BCUT2D eigenvalue weighted by atomic mass is 10.1. The van der Waals surface area contributed by atoms with Crippen LogP contribution in [-0.4, -0.2) is 44.1 Å². The number of benzene rings is 1. The highest BCUT2D eigenvalue weighted by Gasteiger charge is 2.26. The summed E-state index contributed by atoms with van der Waals surface area (Å²) < 4.78 is 5.33. The van der Waals surface area contributed by atoms with Crippen LogP contribution in [0.15, 0.2) is 42.0 Å². The lowest BCUT2D eigenvalue weighted by Crippen LogP contribution is -2.51. The second-order valence-corrected chi connectivity index (χ2v) is 5.37. The van der Waals surface area contributed by atoms with E-state index in [1.54, 1.807) is 12.2 Å². The maximum atomic E-state index is 11.6. The van der Waals surface area contributed by atoms with Gasteiger partial charge in [0.1, 0.15) is 5.57 Å². The van der Waals surface area contributed by atoms with Crippen molar-refractivity contribution in [3.05, 3.63) is 47.6 Å². The highest BCUT2D eigenvalue weighted by molar-refractivity contribution is 6.29. The SMILES string of the molecule is O=C1NC(=O)C(=C/C=C/c2ccc(N3CCOCC3)cc2)C(=O)N1. The maximum Gasteiger partial charge on any atom is 0.328 e. The van der Waals surface area contributed by atoms with Gasteiger partial charge in [0.2, 0.25) is 0 Å². The third-order valence-corrected chi connectivity index (χ3v) is 3.76. The van der Waals surface area contributed by atoms with E-state index in [4.69, 9.17) is 4.74 Å². The van der Waals surface area contributed by atoms with Crippen LogP contribution in [-0.2, 0) is 14.3 Å². The van der Waals surface area contributed by atoms with E-state index in [9.17, 15) is 14.4 Å². The minimum Gasteiger partial charge on any atom is -0.378 e. The number of allylic oxidation sites excluding steroid dienone is 2. The second-order valence-electron chi connectivity index (χ2n) is 5.37. The summed E-state index contributed by atoms with van der Waals surface area (Å²) in [6.45, 7) is 3.23. The van der Waals surface area contributed by atoms with Crippen molar-refractivity contribution >= 4 is 29.6 Å². The molecule has 0 spiro atoms. The van der Waals surface area contributed by atoms with E-state index in [2.05, 4.69) is 4.90 Å². The van der Waals surface area contributed by atoms with E-state index >= 15 is 0 Å². The molecule has 24 heavy (non-hydrogen) atoms. The number of rotatable bonds is 3. The molecule has 2 fully saturated rings. The van der Waals surface area contributed by atoms with Crippen molar-refractivity contribution in [3.63, 3.8) is 0 Å². The number of hydrogen-bond acceptors (Lipinski definition) is 5. The summed E-state index contributed by atoms with van der Waals surface area (Å²) >= 11 is 0. The molecule has 0 bridgehead atoms. The molecule has 7 nitrogen and oxygen atoms in total. The van der Waals surface area contributed by atoms with E-state index in [0.717, 1.165) is 37.6 Å². The number of barbiturate groups is 1. The van der Waals surface area contributed by atoms with Crippen LogP contribution in [0.5, 0.6) is 0 Å². The minimum absolute atomic E-state index is 0.101. The Morgan fingerprint density at radius 1 is 0.958 bits per heavy atom. The number of urea groups is 1. The Morgan fingerprint density at radius 2 is 1.58 bits per heavy atom. The molecule has 124 valence electrons. The van der Waals surface area contributed by atoms with Crippen LogP contribution >= 0.6 is 0 Å². The molecule has 0 atom stereocenters. The van der Waals surface area contributed by atoms with Crippen LogP contribution < -0.4 is 15.5 Å². The fourth-order valence-electron chi connectivity index (χ4n) is 2.50.